The first-order valence-corrected chi connectivity index (χ1v) is 6.90. The predicted molar refractivity (Wildman–Crippen MR) is 72.3 cm³/mol. The lowest BCUT2D eigenvalue weighted by Crippen LogP contribution is -2.38. The van der Waals surface area contributed by atoms with Crippen molar-refractivity contribution < 1.29 is 13.9 Å². The van der Waals surface area contributed by atoms with Gasteiger partial charge in [0.15, 0.2) is 0 Å². The first-order chi connectivity index (χ1) is 9.17. The van der Waals surface area contributed by atoms with Gasteiger partial charge in [-0.05, 0) is 30.9 Å². The number of carbonyl (C=O) groups excluding carboxylic acids is 1. The molecule has 1 aliphatic carbocycles. The maximum atomic E-state index is 13.8. The van der Waals surface area contributed by atoms with Crippen molar-refractivity contribution in [1.82, 2.24) is 5.32 Å². The fourth-order valence-corrected chi connectivity index (χ4v) is 2.92. The van der Waals surface area contributed by atoms with Crippen LogP contribution >= 0.6 is 11.6 Å². The molecule has 1 aromatic rings. The average Bonchev–Trinajstić information content (AvgIpc) is 2.85. The SMILES string of the molecule is COc1cccc(F)c1C(=O)NC1CCCC1CCl. The summed E-state index contributed by atoms with van der Waals surface area (Å²) in [5.41, 5.74) is -0.0368. The quantitative estimate of drug-likeness (QED) is 0.864. The Morgan fingerprint density at radius 3 is 3.00 bits per heavy atom. The molecule has 0 radical (unpaired) electrons. The summed E-state index contributed by atoms with van der Waals surface area (Å²) >= 11 is 5.87. The second kappa shape index (κ2) is 6.24. The molecule has 0 aliphatic heterocycles. The number of halogens is 2. The molecule has 0 bridgehead atoms. The Kier molecular flexibility index (Phi) is 4.64. The zero-order valence-corrected chi connectivity index (χ0v) is 11.5. The van der Waals surface area contributed by atoms with Gasteiger partial charge >= 0.3 is 0 Å². The summed E-state index contributed by atoms with van der Waals surface area (Å²) in [6.45, 7) is 0. The van der Waals surface area contributed by atoms with Crippen molar-refractivity contribution >= 4 is 17.5 Å². The molecule has 0 aromatic heterocycles. The van der Waals surface area contributed by atoms with Crippen LogP contribution in [-0.4, -0.2) is 24.9 Å². The van der Waals surface area contributed by atoms with E-state index in [0.29, 0.717) is 5.88 Å². The normalized spacial score (nSPS) is 22.3. The second-order valence-corrected chi connectivity index (χ2v) is 5.05. The first-order valence-electron chi connectivity index (χ1n) is 6.36. The van der Waals surface area contributed by atoms with Crippen LogP contribution in [0.2, 0.25) is 0 Å². The minimum absolute atomic E-state index is 0.0225. The number of nitrogens with one attached hydrogen (secondary N) is 1. The topological polar surface area (TPSA) is 38.3 Å². The van der Waals surface area contributed by atoms with Crippen molar-refractivity contribution in [3.05, 3.63) is 29.6 Å². The first kappa shape index (κ1) is 14.1. The molecule has 0 heterocycles. The number of benzene rings is 1. The molecule has 5 heteroatoms. The molecule has 2 rings (SSSR count). The van der Waals surface area contributed by atoms with Crippen molar-refractivity contribution in [2.24, 2.45) is 5.92 Å². The molecular formula is C14H17ClFNO2. The Morgan fingerprint density at radius 2 is 2.32 bits per heavy atom. The smallest absolute Gasteiger partial charge is 0.258 e. The van der Waals surface area contributed by atoms with Gasteiger partial charge in [0.2, 0.25) is 0 Å². The number of carbonyl (C=O) groups is 1. The lowest BCUT2D eigenvalue weighted by Gasteiger charge is -2.19. The summed E-state index contributed by atoms with van der Waals surface area (Å²) in [7, 11) is 1.42. The molecule has 1 aliphatic rings. The van der Waals surface area contributed by atoms with Crippen LogP contribution < -0.4 is 10.1 Å². The Labute approximate surface area is 117 Å². The monoisotopic (exact) mass is 285 g/mol. The third-order valence-corrected chi connectivity index (χ3v) is 3.99. The average molecular weight is 286 g/mol. The van der Waals surface area contributed by atoms with Gasteiger partial charge in [-0.2, -0.15) is 0 Å². The Balaban J connectivity index is 2.16. The van der Waals surface area contributed by atoms with E-state index in [1.807, 2.05) is 0 Å². The zero-order chi connectivity index (χ0) is 13.8. The molecule has 1 amide bonds. The van der Waals surface area contributed by atoms with E-state index in [-0.39, 0.29) is 23.3 Å². The van der Waals surface area contributed by atoms with E-state index in [9.17, 15) is 9.18 Å². The second-order valence-electron chi connectivity index (χ2n) is 4.74. The van der Waals surface area contributed by atoms with Crippen molar-refractivity contribution in [3.63, 3.8) is 0 Å². The Bertz CT molecular complexity index is 467. The van der Waals surface area contributed by atoms with Gasteiger partial charge in [-0.15, -0.1) is 11.6 Å². The van der Waals surface area contributed by atoms with E-state index in [1.54, 1.807) is 6.07 Å². The van der Waals surface area contributed by atoms with Gasteiger partial charge in [-0.3, -0.25) is 4.79 Å². The molecule has 3 nitrogen and oxygen atoms in total. The minimum atomic E-state index is -0.572. The van der Waals surface area contributed by atoms with Crippen LogP contribution in [-0.2, 0) is 0 Å². The zero-order valence-electron chi connectivity index (χ0n) is 10.8. The van der Waals surface area contributed by atoms with Crippen LogP contribution in [0, 0.1) is 11.7 Å². The summed E-state index contributed by atoms with van der Waals surface area (Å²) < 4.78 is 18.8. The summed E-state index contributed by atoms with van der Waals surface area (Å²) in [5.74, 6) is 0.0230. The predicted octanol–water partition coefficient (Wildman–Crippen LogP) is 2.97. The fourth-order valence-electron chi connectivity index (χ4n) is 2.55. The van der Waals surface area contributed by atoms with Gasteiger partial charge in [0, 0.05) is 11.9 Å². The molecular weight excluding hydrogens is 269 g/mol. The number of hydrogen-bond acceptors (Lipinski definition) is 2. The molecule has 1 aromatic carbocycles. The van der Waals surface area contributed by atoms with E-state index in [2.05, 4.69) is 5.32 Å². The van der Waals surface area contributed by atoms with Crippen molar-refractivity contribution in [2.75, 3.05) is 13.0 Å². The van der Waals surface area contributed by atoms with E-state index >= 15 is 0 Å². The molecule has 0 spiro atoms. The maximum Gasteiger partial charge on any atom is 0.258 e. The number of amides is 1. The Hall–Kier alpha value is -1.29. The maximum absolute atomic E-state index is 13.8. The number of ether oxygens (including phenoxy) is 1. The van der Waals surface area contributed by atoms with Crippen molar-refractivity contribution in [2.45, 2.75) is 25.3 Å². The number of alkyl halides is 1. The van der Waals surface area contributed by atoms with E-state index in [4.69, 9.17) is 16.3 Å². The standard InChI is InChI=1S/C14H17ClFNO2/c1-19-12-7-3-5-10(16)13(12)14(18)17-11-6-2-4-9(11)8-15/h3,5,7,9,11H,2,4,6,8H2,1H3,(H,17,18). The lowest BCUT2D eigenvalue weighted by atomic mass is 10.1. The molecule has 0 saturated heterocycles. The van der Waals surface area contributed by atoms with Gasteiger partial charge < -0.3 is 10.1 Å². The number of rotatable bonds is 4. The molecule has 1 N–H and O–H groups in total. The summed E-state index contributed by atoms with van der Waals surface area (Å²) in [6.07, 6.45) is 2.93. The van der Waals surface area contributed by atoms with Gasteiger partial charge in [0.25, 0.3) is 5.91 Å². The van der Waals surface area contributed by atoms with Crippen LogP contribution in [0.1, 0.15) is 29.6 Å². The Morgan fingerprint density at radius 1 is 1.53 bits per heavy atom. The molecule has 1 fully saturated rings. The largest absolute Gasteiger partial charge is 0.496 e. The summed E-state index contributed by atoms with van der Waals surface area (Å²) in [5, 5.41) is 2.87. The minimum Gasteiger partial charge on any atom is -0.496 e. The van der Waals surface area contributed by atoms with Gasteiger partial charge in [-0.1, -0.05) is 12.5 Å². The van der Waals surface area contributed by atoms with Crippen LogP contribution in [0.5, 0.6) is 5.75 Å². The van der Waals surface area contributed by atoms with E-state index < -0.39 is 11.7 Å². The number of hydrogen-bond donors (Lipinski definition) is 1. The van der Waals surface area contributed by atoms with Crippen LogP contribution in [0.25, 0.3) is 0 Å². The van der Waals surface area contributed by atoms with Crippen molar-refractivity contribution in [1.29, 1.82) is 0 Å². The highest BCUT2D eigenvalue weighted by molar-refractivity contribution is 6.18. The highest BCUT2D eigenvalue weighted by atomic mass is 35.5. The molecule has 19 heavy (non-hydrogen) atoms. The summed E-state index contributed by atoms with van der Waals surface area (Å²) in [6, 6.07) is 4.37. The van der Waals surface area contributed by atoms with E-state index in [0.717, 1.165) is 19.3 Å². The van der Waals surface area contributed by atoms with Gasteiger partial charge in [0.1, 0.15) is 17.1 Å². The van der Waals surface area contributed by atoms with E-state index in [1.165, 1.54) is 19.2 Å². The van der Waals surface area contributed by atoms with Crippen LogP contribution in [0.4, 0.5) is 4.39 Å². The molecule has 104 valence electrons. The lowest BCUT2D eigenvalue weighted by molar-refractivity contribution is 0.0922. The molecule has 2 atom stereocenters. The van der Waals surface area contributed by atoms with Crippen LogP contribution in [0.3, 0.4) is 0 Å². The van der Waals surface area contributed by atoms with Gasteiger partial charge in [0.05, 0.1) is 7.11 Å². The van der Waals surface area contributed by atoms with Crippen molar-refractivity contribution in [3.8, 4) is 5.75 Å². The summed E-state index contributed by atoms with van der Waals surface area (Å²) in [4.78, 5) is 12.2. The van der Waals surface area contributed by atoms with Crippen LogP contribution in [0.15, 0.2) is 18.2 Å². The van der Waals surface area contributed by atoms with Gasteiger partial charge in [-0.25, -0.2) is 4.39 Å². The molecule has 2 unspecified atom stereocenters. The fraction of sp³-hybridized carbons (Fsp3) is 0.500. The highest BCUT2D eigenvalue weighted by Gasteiger charge is 2.29. The number of methoxy groups -OCH3 is 1. The molecule has 1 saturated carbocycles. The highest BCUT2D eigenvalue weighted by Crippen LogP contribution is 2.28. The third kappa shape index (κ3) is 3.00. The third-order valence-electron chi connectivity index (χ3n) is 3.60.